The van der Waals surface area contributed by atoms with Crippen LogP contribution in [0.3, 0.4) is 0 Å². The lowest BCUT2D eigenvalue weighted by molar-refractivity contribution is 0.107. The summed E-state index contributed by atoms with van der Waals surface area (Å²) in [6.07, 6.45) is 2.53. The van der Waals surface area contributed by atoms with Gasteiger partial charge in [-0.2, -0.15) is 0 Å². The minimum absolute atomic E-state index is 0.634. The molecular formula is C22H29N3O. The van der Waals surface area contributed by atoms with Gasteiger partial charge in [-0.1, -0.05) is 54.6 Å². The van der Waals surface area contributed by atoms with E-state index < -0.39 is 0 Å². The first kappa shape index (κ1) is 18.5. The zero-order valence-electron chi connectivity index (χ0n) is 15.7. The summed E-state index contributed by atoms with van der Waals surface area (Å²) in [5.74, 6) is 1.04. The van der Waals surface area contributed by atoms with Crippen molar-refractivity contribution in [2.45, 2.75) is 39.5 Å². The van der Waals surface area contributed by atoms with E-state index >= 15 is 0 Å². The van der Waals surface area contributed by atoms with E-state index in [1.807, 2.05) is 18.2 Å². The first-order valence-electron chi connectivity index (χ1n) is 9.58. The van der Waals surface area contributed by atoms with Gasteiger partial charge >= 0.3 is 0 Å². The van der Waals surface area contributed by atoms with E-state index in [1.54, 1.807) is 0 Å². The highest BCUT2D eigenvalue weighted by Gasteiger charge is 2.15. The second kappa shape index (κ2) is 9.97. The lowest BCUT2D eigenvalue weighted by Crippen LogP contribution is -2.39. The van der Waals surface area contributed by atoms with E-state index in [9.17, 15) is 0 Å². The fourth-order valence-electron chi connectivity index (χ4n) is 3.12. The Kier molecular flexibility index (Phi) is 7.08. The second-order valence-electron chi connectivity index (χ2n) is 6.66. The predicted molar refractivity (Wildman–Crippen MR) is 107 cm³/mol. The molecule has 0 aromatic heterocycles. The Balaban J connectivity index is 1.49. The van der Waals surface area contributed by atoms with E-state index in [4.69, 9.17) is 9.73 Å². The van der Waals surface area contributed by atoms with Gasteiger partial charge in [0.1, 0.15) is 0 Å². The molecule has 0 spiro atoms. The monoisotopic (exact) mass is 351 g/mol. The molecule has 0 radical (unpaired) electrons. The number of aliphatic imine (C=N–C) groups is 1. The van der Waals surface area contributed by atoms with Gasteiger partial charge in [0.15, 0.2) is 5.96 Å². The molecule has 4 nitrogen and oxygen atoms in total. The van der Waals surface area contributed by atoms with Crippen molar-refractivity contribution >= 4 is 5.96 Å². The molecule has 2 aromatic rings. The first-order valence-corrected chi connectivity index (χ1v) is 9.58. The number of hydrogen-bond acceptors (Lipinski definition) is 2. The van der Waals surface area contributed by atoms with Crippen molar-refractivity contribution in [2.24, 2.45) is 4.99 Å². The topological polar surface area (TPSA) is 36.9 Å². The molecule has 1 fully saturated rings. The summed E-state index contributed by atoms with van der Waals surface area (Å²) in [7, 11) is 0. The Morgan fingerprint density at radius 3 is 2.19 bits per heavy atom. The average molecular weight is 351 g/mol. The maximum Gasteiger partial charge on any atom is 0.194 e. The average Bonchev–Trinajstić information content (AvgIpc) is 3.22. The van der Waals surface area contributed by atoms with Gasteiger partial charge in [-0.05, 0) is 36.5 Å². The van der Waals surface area contributed by atoms with Crippen LogP contribution in [0.4, 0.5) is 0 Å². The summed E-state index contributed by atoms with van der Waals surface area (Å²) in [5, 5.41) is 3.41. The van der Waals surface area contributed by atoms with E-state index in [-0.39, 0.29) is 0 Å². The van der Waals surface area contributed by atoms with Crippen molar-refractivity contribution in [3.8, 4) is 0 Å². The molecule has 1 aliphatic rings. The van der Waals surface area contributed by atoms with Crippen molar-refractivity contribution in [3.63, 3.8) is 0 Å². The van der Waals surface area contributed by atoms with Crippen LogP contribution in [-0.2, 0) is 24.5 Å². The SMILES string of the molecule is CCNC(=NCc1ccc(COCc2ccccc2)cc1)N1CCCC1. The zero-order valence-corrected chi connectivity index (χ0v) is 15.7. The van der Waals surface area contributed by atoms with Crippen LogP contribution < -0.4 is 5.32 Å². The van der Waals surface area contributed by atoms with Gasteiger partial charge in [0, 0.05) is 19.6 Å². The third kappa shape index (κ3) is 5.60. The third-order valence-electron chi connectivity index (χ3n) is 4.56. The Labute approximate surface area is 156 Å². The van der Waals surface area contributed by atoms with Crippen LogP contribution in [0, 0.1) is 0 Å². The minimum Gasteiger partial charge on any atom is -0.372 e. The lowest BCUT2D eigenvalue weighted by Gasteiger charge is -2.20. The van der Waals surface area contributed by atoms with E-state index in [0.717, 1.165) is 25.6 Å². The number of hydrogen-bond donors (Lipinski definition) is 1. The molecule has 26 heavy (non-hydrogen) atoms. The van der Waals surface area contributed by atoms with E-state index in [1.165, 1.54) is 29.5 Å². The molecule has 0 aliphatic carbocycles. The van der Waals surface area contributed by atoms with Crippen LogP contribution in [0.25, 0.3) is 0 Å². The molecule has 0 atom stereocenters. The fourth-order valence-corrected chi connectivity index (χ4v) is 3.12. The molecule has 3 rings (SSSR count). The largest absolute Gasteiger partial charge is 0.372 e. The van der Waals surface area contributed by atoms with Crippen molar-refractivity contribution < 1.29 is 4.74 Å². The van der Waals surface area contributed by atoms with Crippen molar-refractivity contribution in [3.05, 3.63) is 71.3 Å². The number of likely N-dealkylation sites (tertiary alicyclic amines) is 1. The summed E-state index contributed by atoms with van der Waals surface area (Å²) in [4.78, 5) is 7.15. The predicted octanol–water partition coefficient (Wildman–Crippen LogP) is 3.96. The van der Waals surface area contributed by atoms with Crippen LogP contribution in [0.1, 0.15) is 36.5 Å². The summed E-state index contributed by atoms with van der Waals surface area (Å²) in [6.45, 7) is 7.25. The first-order chi connectivity index (χ1) is 12.8. The van der Waals surface area contributed by atoms with Gasteiger partial charge < -0.3 is 15.0 Å². The maximum atomic E-state index is 5.80. The van der Waals surface area contributed by atoms with Crippen LogP contribution in [0.15, 0.2) is 59.6 Å². The summed E-state index contributed by atoms with van der Waals surface area (Å²) in [5.41, 5.74) is 3.63. The molecule has 138 valence electrons. The highest BCUT2D eigenvalue weighted by molar-refractivity contribution is 5.80. The van der Waals surface area contributed by atoms with Gasteiger partial charge in [-0.3, -0.25) is 0 Å². The number of ether oxygens (including phenoxy) is 1. The smallest absolute Gasteiger partial charge is 0.194 e. The van der Waals surface area contributed by atoms with Gasteiger partial charge in [0.25, 0.3) is 0 Å². The molecule has 0 bridgehead atoms. The molecule has 0 unspecified atom stereocenters. The van der Waals surface area contributed by atoms with Crippen LogP contribution >= 0.6 is 0 Å². The zero-order chi connectivity index (χ0) is 18.0. The summed E-state index contributed by atoms with van der Waals surface area (Å²) >= 11 is 0. The number of rotatable bonds is 7. The van der Waals surface area contributed by atoms with Crippen molar-refractivity contribution in [2.75, 3.05) is 19.6 Å². The molecule has 1 heterocycles. The van der Waals surface area contributed by atoms with Gasteiger partial charge in [0.05, 0.1) is 19.8 Å². The van der Waals surface area contributed by atoms with Crippen LogP contribution in [0.2, 0.25) is 0 Å². The fraction of sp³-hybridized carbons (Fsp3) is 0.409. The molecule has 0 amide bonds. The maximum absolute atomic E-state index is 5.80. The second-order valence-corrected chi connectivity index (χ2v) is 6.66. The molecule has 1 saturated heterocycles. The standard InChI is InChI=1S/C22H29N3O/c1-2-23-22(25-14-6-7-15-25)24-16-19-10-12-21(13-11-19)18-26-17-20-8-4-3-5-9-20/h3-5,8-13H,2,6-7,14-18H2,1H3,(H,23,24). The van der Waals surface area contributed by atoms with Crippen molar-refractivity contribution in [1.82, 2.24) is 10.2 Å². The summed E-state index contributed by atoms with van der Waals surface area (Å²) in [6, 6.07) is 18.9. The molecule has 1 aliphatic heterocycles. The number of benzene rings is 2. The van der Waals surface area contributed by atoms with Gasteiger partial charge in [-0.15, -0.1) is 0 Å². The normalized spacial score (nSPS) is 14.7. The quantitative estimate of drug-likeness (QED) is 0.606. The summed E-state index contributed by atoms with van der Waals surface area (Å²) < 4.78 is 5.80. The lowest BCUT2D eigenvalue weighted by atomic mass is 10.1. The number of nitrogens with zero attached hydrogens (tertiary/aromatic N) is 2. The minimum atomic E-state index is 0.634. The number of guanidine groups is 1. The highest BCUT2D eigenvalue weighted by atomic mass is 16.5. The van der Waals surface area contributed by atoms with E-state index in [0.29, 0.717) is 19.8 Å². The molecular weight excluding hydrogens is 322 g/mol. The molecule has 4 heteroatoms. The Bertz CT molecular complexity index is 676. The number of nitrogens with one attached hydrogen (secondary N) is 1. The third-order valence-corrected chi connectivity index (χ3v) is 4.56. The van der Waals surface area contributed by atoms with Gasteiger partial charge in [-0.25, -0.2) is 4.99 Å². The Morgan fingerprint density at radius 1 is 0.923 bits per heavy atom. The van der Waals surface area contributed by atoms with Crippen molar-refractivity contribution in [1.29, 1.82) is 0 Å². The molecule has 1 N–H and O–H groups in total. The Morgan fingerprint density at radius 2 is 1.54 bits per heavy atom. The highest BCUT2D eigenvalue weighted by Crippen LogP contribution is 2.11. The van der Waals surface area contributed by atoms with Gasteiger partial charge in [0.2, 0.25) is 0 Å². The molecule has 0 saturated carbocycles. The molecule has 2 aromatic carbocycles. The van der Waals surface area contributed by atoms with Crippen LogP contribution in [0.5, 0.6) is 0 Å². The Hall–Kier alpha value is -2.33. The van der Waals surface area contributed by atoms with Crippen LogP contribution in [-0.4, -0.2) is 30.5 Å². The van der Waals surface area contributed by atoms with E-state index in [2.05, 4.69) is 53.5 Å².